The fourth-order valence-electron chi connectivity index (χ4n) is 0.960. The Hall–Kier alpha value is -0.0800. The van der Waals surface area contributed by atoms with E-state index in [2.05, 4.69) is 18.9 Å². The molecule has 2 nitrogen and oxygen atoms in total. The summed E-state index contributed by atoms with van der Waals surface area (Å²) in [6, 6.07) is 0. The lowest BCUT2D eigenvalue weighted by molar-refractivity contribution is -0.0431. The van der Waals surface area contributed by atoms with Crippen LogP contribution in [0.25, 0.3) is 0 Å². The van der Waals surface area contributed by atoms with Crippen molar-refractivity contribution in [1.82, 2.24) is 4.90 Å². The summed E-state index contributed by atoms with van der Waals surface area (Å²) in [5, 5.41) is 0. The molecule has 0 spiro atoms. The Morgan fingerprint density at radius 3 is 2.18 bits per heavy atom. The smallest absolute Gasteiger partial charge is 0.0528 e. The Morgan fingerprint density at radius 2 is 1.91 bits per heavy atom. The molecule has 1 fully saturated rings. The molecule has 11 heavy (non-hydrogen) atoms. The Morgan fingerprint density at radius 1 is 1.36 bits per heavy atom. The summed E-state index contributed by atoms with van der Waals surface area (Å²) in [5.41, 5.74) is 0. The van der Waals surface area contributed by atoms with Crippen LogP contribution in [0.5, 0.6) is 0 Å². The van der Waals surface area contributed by atoms with E-state index in [0.29, 0.717) is 0 Å². The molecule has 0 aromatic carbocycles. The van der Waals surface area contributed by atoms with Crippen molar-refractivity contribution >= 4 is 0 Å². The molecule has 1 aliphatic rings. The van der Waals surface area contributed by atoms with Crippen LogP contribution in [0.1, 0.15) is 20.8 Å². The SMILES string of the molecule is CC.CCN(C)CC1COC1. The summed E-state index contributed by atoms with van der Waals surface area (Å²) in [6.07, 6.45) is 0. The second-order valence-electron chi connectivity index (χ2n) is 2.76. The van der Waals surface area contributed by atoms with Crippen LogP contribution in [0.15, 0.2) is 0 Å². The lowest BCUT2D eigenvalue weighted by Gasteiger charge is -2.29. The van der Waals surface area contributed by atoms with E-state index < -0.39 is 0 Å². The molecule has 0 amide bonds. The third-order valence-electron chi connectivity index (χ3n) is 1.82. The molecule has 1 saturated heterocycles. The molecule has 0 saturated carbocycles. The van der Waals surface area contributed by atoms with Gasteiger partial charge in [-0.15, -0.1) is 0 Å². The zero-order chi connectivity index (χ0) is 8.69. The van der Waals surface area contributed by atoms with Crippen molar-refractivity contribution < 1.29 is 4.74 Å². The van der Waals surface area contributed by atoms with Crippen molar-refractivity contribution in [3.05, 3.63) is 0 Å². The molecule has 0 atom stereocenters. The van der Waals surface area contributed by atoms with Gasteiger partial charge in [0, 0.05) is 12.5 Å². The van der Waals surface area contributed by atoms with Gasteiger partial charge in [-0.3, -0.25) is 0 Å². The summed E-state index contributed by atoms with van der Waals surface area (Å²) >= 11 is 0. The molecule has 0 aliphatic carbocycles. The van der Waals surface area contributed by atoms with Crippen LogP contribution >= 0.6 is 0 Å². The predicted octanol–water partition coefficient (Wildman–Crippen LogP) is 1.61. The Balaban J connectivity index is 0.000000461. The van der Waals surface area contributed by atoms with Crippen molar-refractivity contribution in [3.8, 4) is 0 Å². The van der Waals surface area contributed by atoms with Crippen LogP contribution in [0.2, 0.25) is 0 Å². The molecule has 0 N–H and O–H groups in total. The first-order valence-corrected chi connectivity index (χ1v) is 4.59. The maximum absolute atomic E-state index is 5.05. The lowest BCUT2D eigenvalue weighted by Crippen LogP contribution is -2.37. The molecule has 68 valence electrons. The summed E-state index contributed by atoms with van der Waals surface area (Å²) < 4.78 is 5.05. The van der Waals surface area contributed by atoms with Gasteiger partial charge in [0.1, 0.15) is 0 Å². The molecule has 0 unspecified atom stereocenters. The van der Waals surface area contributed by atoms with E-state index in [1.165, 1.54) is 6.54 Å². The second-order valence-corrected chi connectivity index (χ2v) is 2.76. The van der Waals surface area contributed by atoms with Gasteiger partial charge in [0.25, 0.3) is 0 Å². The highest BCUT2D eigenvalue weighted by atomic mass is 16.5. The van der Waals surface area contributed by atoms with Gasteiger partial charge < -0.3 is 9.64 Å². The van der Waals surface area contributed by atoms with Crippen molar-refractivity contribution in [2.24, 2.45) is 5.92 Å². The Bertz CT molecular complexity index is 78.9. The summed E-state index contributed by atoms with van der Waals surface area (Å²) in [4.78, 5) is 2.33. The van der Waals surface area contributed by atoms with Crippen LogP contribution in [-0.4, -0.2) is 38.3 Å². The first-order valence-electron chi connectivity index (χ1n) is 4.59. The fraction of sp³-hybridized carbons (Fsp3) is 1.00. The minimum atomic E-state index is 0.815. The van der Waals surface area contributed by atoms with Crippen LogP contribution < -0.4 is 0 Å². The fourth-order valence-corrected chi connectivity index (χ4v) is 0.960. The minimum Gasteiger partial charge on any atom is -0.381 e. The van der Waals surface area contributed by atoms with Gasteiger partial charge in [-0.1, -0.05) is 20.8 Å². The van der Waals surface area contributed by atoms with E-state index in [-0.39, 0.29) is 0 Å². The number of hydrogen-bond acceptors (Lipinski definition) is 2. The summed E-state index contributed by atoms with van der Waals surface area (Å²) in [5.74, 6) is 0.815. The van der Waals surface area contributed by atoms with Gasteiger partial charge >= 0.3 is 0 Å². The van der Waals surface area contributed by atoms with E-state index in [0.717, 1.165) is 25.7 Å². The zero-order valence-corrected chi connectivity index (χ0v) is 8.26. The average molecular weight is 159 g/mol. The Labute approximate surface area is 70.5 Å². The quantitative estimate of drug-likeness (QED) is 0.620. The van der Waals surface area contributed by atoms with Crippen LogP contribution in [-0.2, 0) is 4.74 Å². The van der Waals surface area contributed by atoms with Gasteiger partial charge in [-0.25, -0.2) is 0 Å². The normalized spacial score (nSPS) is 17.2. The summed E-state index contributed by atoms with van der Waals surface area (Å²) in [7, 11) is 2.15. The van der Waals surface area contributed by atoms with Crippen molar-refractivity contribution in [2.45, 2.75) is 20.8 Å². The molecule has 1 aliphatic heterocycles. The average Bonchev–Trinajstić information content (AvgIpc) is 2.00. The third-order valence-corrected chi connectivity index (χ3v) is 1.82. The molecule has 0 aromatic rings. The standard InChI is InChI=1S/C7H15NO.C2H6/c1-3-8(2)4-7-5-9-6-7;1-2/h7H,3-6H2,1-2H3;1-2H3. The molecular weight excluding hydrogens is 138 g/mol. The van der Waals surface area contributed by atoms with Crippen molar-refractivity contribution in [1.29, 1.82) is 0 Å². The topological polar surface area (TPSA) is 12.5 Å². The van der Waals surface area contributed by atoms with Gasteiger partial charge in [-0.2, -0.15) is 0 Å². The van der Waals surface area contributed by atoms with Crippen LogP contribution in [0.4, 0.5) is 0 Å². The molecule has 2 heteroatoms. The molecule has 0 radical (unpaired) electrons. The molecule has 1 heterocycles. The van der Waals surface area contributed by atoms with Crippen LogP contribution in [0, 0.1) is 5.92 Å². The molecule has 0 bridgehead atoms. The third kappa shape index (κ3) is 4.38. The highest BCUT2D eigenvalue weighted by Gasteiger charge is 2.18. The largest absolute Gasteiger partial charge is 0.381 e. The van der Waals surface area contributed by atoms with Gasteiger partial charge in [0.2, 0.25) is 0 Å². The minimum absolute atomic E-state index is 0.815. The van der Waals surface area contributed by atoms with E-state index in [9.17, 15) is 0 Å². The highest BCUT2D eigenvalue weighted by Crippen LogP contribution is 2.10. The van der Waals surface area contributed by atoms with Crippen LogP contribution in [0.3, 0.4) is 0 Å². The van der Waals surface area contributed by atoms with Gasteiger partial charge in [0.05, 0.1) is 13.2 Å². The zero-order valence-electron chi connectivity index (χ0n) is 8.26. The maximum Gasteiger partial charge on any atom is 0.0528 e. The molecule has 0 aromatic heterocycles. The van der Waals surface area contributed by atoms with Gasteiger partial charge in [-0.05, 0) is 13.6 Å². The first kappa shape index (κ1) is 10.9. The number of nitrogens with zero attached hydrogens (tertiary/aromatic N) is 1. The van der Waals surface area contributed by atoms with E-state index >= 15 is 0 Å². The van der Waals surface area contributed by atoms with E-state index in [4.69, 9.17) is 4.74 Å². The van der Waals surface area contributed by atoms with Crippen molar-refractivity contribution in [3.63, 3.8) is 0 Å². The molecule has 1 rings (SSSR count). The number of hydrogen-bond donors (Lipinski definition) is 0. The lowest BCUT2D eigenvalue weighted by atomic mass is 10.1. The van der Waals surface area contributed by atoms with Crippen molar-refractivity contribution in [2.75, 3.05) is 33.4 Å². The highest BCUT2D eigenvalue weighted by molar-refractivity contribution is 4.68. The first-order chi connectivity index (χ1) is 5.33. The summed E-state index contributed by atoms with van der Waals surface area (Å²) in [6.45, 7) is 10.5. The Kier molecular flexibility index (Phi) is 6.57. The number of rotatable bonds is 3. The van der Waals surface area contributed by atoms with E-state index in [1.54, 1.807) is 0 Å². The molecular formula is C9H21NO. The second kappa shape index (κ2) is 6.62. The van der Waals surface area contributed by atoms with Gasteiger partial charge in [0.15, 0.2) is 0 Å². The number of ether oxygens (including phenoxy) is 1. The predicted molar refractivity (Wildman–Crippen MR) is 48.8 cm³/mol. The maximum atomic E-state index is 5.05. The van der Waals surface area contributed by atoms with E-state index in [1.807, 2.05) is 13.8 Å². The monoisotopic (exact) mass is 159 g/mol.